The van der Waals surface area contributed by atoms with E-state index in [0.29, 0.717) is 6.54 Å². The fourth-order valence-corrected chi connectivity index (χ4v) is 1.64. The van der Waals surface area contributed by atoms with Gasteiger partial charge in [0.1, 0.15) is 5.56 Å². The number of alkyl halides is 1. The SMILES string of the molecule is Cc1ccc([N+](=O)[O-])c(C(=O)NCC(C)CBr)c1. The lowest BCUT2D eigenvalue weighted by Gasteiger charge is -2.10. The number of hydrogen-bond acceptors (Lipinski definition) is 3. The van der Waals surface area contributed by atoms with E-state index in [4.69, 9.17) is 0 Å². The number of nitro groups is 1. The van der Waals surface area contributed by atoms with Gasteiger partial charge in [-0.05, 0) is 24.5 Å². The van der Waals surface area contributed by atoms with E-state index in [1.807, 2.05) is 6.92 Å². The van der Waals surface area contributed by atoms with E-state index < -0.39 is 10.8 Å². The van der Waals surface area contributed by atoms with E-state index in [1.165, 1.54) is 12.1 Å². The molecular weight excluding hydrogens is 300 g/mol. The van der Waals surface area contributed by atoms with Crippen LogP contribution in [0.3, 0.4) is 0 Å². The monoisotopic (exact) mass is 314 g/mol. The summed E-state index contributed by atoms with van der Waals surface area (Å²) in [6.45, 7) is 4.25. The molecule has 1 N–H and O–H groups in total. The first-order valence-electron chi connectivity index (χ1n) is 5.55. The second kappa shape index (κ2) is 6.49. The van der Waals surface area contributed by atoms with Crippen LogP contribution in [0.15, 0.2) is 18.2 Å². The predicted molar refractivity (Wildman–Crippen MR) is 73.1 cm³/mol. The van der Waals surface area contributed by atoms with Crippen molar-refractivity contribution < 1.29 is 9.72 Å². The van der Waals surface area contributed by atoms with Crippen LogP contribution in [0.4, 0.5) is 5.69 Å². The van der Waals surface area contributed by atoms with Gasteiger partial charge in [-0.15, -0.1) is 0 Å². The Morgan fingerprint density at radius 2 is 2.22 bits per heavy atom. The topological polar surface area (TPSA) is 72.2 Å². The first-order chi connectivity index (χ1) is 8.45. The molecule has 0 spiro atoms. The van der Waals surface area contributed by atoms with E-state index in [9.17, 15) is 14.9 Å². The molecular formula is C12H15BrN2O3. The lowest BCUT2D eigenvalue weighted by molar-refractivity contribution is -0.385. The number of halogens is 1. The van der Waals surface area contributed by atoms with E-state index in [0.717, 1.165) is 10.9 Å². The van der Waals surface area contributed by atoms with E-state index >= 15 is 0 Å². The van der Waals surface area contributed by atoms with Crippen LogP contribution in [0.1, 0.15) is 22.8 Å². The number of hydrogen-bond donors (Lipinski definition) is 1. The molecule has 98 valence electrons. The van der Waals surface area contributed by atoms with Crippen molar-refractivity contribution >= 4 is 27.5 Å². The molecule has 0 aliphatic rings. The first kappa shape index (κ1) is 14.6. The molecule has 1 aromatic rings. The number of nitrogens with zero attached hydrogens (tertiary/aromatic N) is 1. The zero-order valence-electron chi connectivity index (χ0n) is 10.3. The van der Waals surface area contributed by atoms with Gasteiger partial charge >= 0.3 is 0 Å². The van der Waals surface area contributed by atoms with Crippen LogP contribution in [-0.4, -0.2) is 22.7 Å². The minimum Gasteiger partial charge on any atom is -0.352 e. The van der Waals surface area contributed by atoms with Gasteiger partial charge in [-0.25, -0.2) is 0 Å². The Balaban J connectivity index is 2.90. The van der Waals surface area contributed by atoms with Crippen molar-refractivity contribution in [3.8, 4) is 0 Å². The molecule has 0 bridgehead atoms. The normalized spacial score (nSPS) is 11.9. The van der Waals surface area contributed by atoms with Gasteiger partial charge in [0.2, 0.25) is 0 Å². The second-order valence-electron chi connectivity index (χ2n) is 4.25. The summed E-state index contributed by atoms with van der Waals surface area (Å²) in [6, 6.07) is 4.51. The summed E-state index contributed by atoms with van der Waals surface area (Å²) in [7, 11) is 0. The highest BCUT2D eigenvalue weighted by Gasteiger charge is 2.20. The number of aryl methyl sites for hydroxylation is 1. The third-order valence-corrected chi connectivity index (χ3v) is 3.57. The Labute approximate surface area is 114 Å². The summed E-state index contributed by atoms with van der Waals surface area (Å²) < 4.78 is 0. The smallest absolute Gasteiger partial charge is 0.282 e. The molecule has 5 nitrogen and oxygen atoms in total. The maximum absolute atomic E-state index is 11.9. The summed E-state index contributed by atoms with van der Waals surface area (Å²) in [5, 5.41) is 14.3. The van der Waals surface area contributed by atoms with Crippen LogP contribution in [0.5, 0.6) is 0 Å². The predicted octanol–water partition coefficient (Wildman–Crippen LogP) is 2.66. The van der Waals surface area contributed by atoms with Gasteiger partial charge in [0.05, 0.1) is 4.92 Å². The van der Waals surface area contributed by atoms with Gasteiger partial charge in [-0.2, -0.15) is 0 Å². The lowest BCUT2D eigenvalue weighted by Crippen LogP contribution is -2.29. The Kier molecular flexibility index (Phi) is 5.27. The van der Waals surface area contributed by atoms with Crippen LogP contribution >= 0.6 is 15.9 Å². The minimum atomic E-state index is -0.539. The van der Waals surface area contributed by atoms with Crippen LogP contribution in [0.25, 0.3) is 0 Å². The quantitative estimate of drug-likeness (QED) is 0.516. The van der Waals surface area contributed by atoms with Crippen molar-refractivity contribution in [3.63, 3.8) is 0 Å². The van der Waals surface area contributed by atoms with Gasteiger partial charge in [-0.1, -0.05) is 28.9 Å². The molecule has 1 atom stereocenters. The fourth-order valence-electron chi connectivity index (χ4n) is 1.41. The van der Waals surface area contributed by atoms with Crippen molar-refractivity contribution in [1.82, 2.24) is 5.32 Å². The zero-order chi connectivity index (χ0) is 13.7. The highest BCUT2D eigenvalue weighted by Crippen LogP contribution is 2.19. The van der Waals surface area contributed by atoms with Gasteiger partial charge in [0.25, 0.3) is 11.6 Å². The summed E-state index contributed by atoms with van der Waals surface area (Å²) >= 11 is 3.31. The molecule has 0 aromatic heterocycles. The Morgan fingerprint density at radius 1 is 1.56 bits per heavy atom. The standard InChI is InChI=1S/C12H15BrN2O3/c1-8-3-4-11(15(17)18)10(5-8)12(16)14-7-9(2)6-13/h3-5,9H,6-7H2,1-2H3,(H,14,16). The maximum atomic E-state index is 11.9. The summed E-state index contributed by atoms with van der Waals surface area (Å²) in [5.74, 6) is -0.129. The first-order valence-corrected chi connectivity index (χ1v) is 6.67. The van der Waals surface area contributed by atoms with Crippen molar-refractivity contribution in [2.24, 2.45) is 5.92 Å². The van der Waals surface area contributed by atoms with Crippen molar-refractivity contribution in [1.29, 1.82) is 0 Å². The third kappa shape index (κ3) is 3.80. The number of benzene rings is 1. The number of carbonyl (C=O) groups excluding carboxylic acids is 1. The van der Waals surface area contributed by atoms with E-state index in [1.54, 1.807) is 13.0 Å². The molecule has 1 amide bonds. The molecule has 6 heteroatoms. The van der Waals surface area contributed by atoms with E-state index in [-0.39, 0.29) is 17.2 Å². The molecule has 0 radical (unpaired) electrons. The largest absolute Gasteiger partial charge is 0.352 e. The average molecular weight is 315 g/mol. The number of amides is 1. The Hall–Kier alpha value is -1.43. The summed E-state index contributed by atoms with van der Waals surface area (Å²) in [6.07, 6.45) is 0. The van der Waals surface area contributed by atoms with E-state index in [2.05, 4.69) is 21.2 Å². The third-order valence-electron chi connectivity index (χ3n) is 2.47. The molecule has 0 heterocycles. The molecule has 1 unspecified atom stereocenters. The van der Waals surface area contributed by atoms with Crippen molar-refractivity contribution in [2.45, 2.75) is 13.8 Å². The number of nitrogens with one attached hydrogen (secondary N) is 1. The minimum absolute atomic E-state index is 0.113. The molecule has 1 rings (SSSR count). The van der Waals surface area contributed by atoms with Gasteiger partial charge in [0.15, 0.2) is 0 Å². The Bertz CT molecular complexity index is 463. The number of carbonyl (C=O) groups is 1. The molecule has 1 aromatic carbocycles. The second-order valence-corrected chi connectivity index (χ2v) is 4.89. The molecule has 0 aliphatic carbocycles. The highest BCUT2D eigenvalue weighted by atomic mass is 79.9. The molecule has 0 saturated carbocycles. The fraction of sp³-hybridized carbons (Fsp3) is 0.417. The average Bonchev–Trinajstić information content (AvgIpc) is 2.34. The van der Waals surface area contributed by atoms with Crippen molar-refractivity contribution in [2.75, 3.05) is 11.9 Å². The zero-order valence-corrected chi connectivity index (χ0v) is 11.9. The molecule has 0 fully saturated rings. The summed E-state index contributed by atoms with van der Waals surface area (Å²) in [5.41, 5.74) is 0.769. The molecule has 0 aliphatic heterocycles. The van der Waals surface area contributed by atoms with Crippen LogP contribution in [0.2, 0.25) is 0 Å². The van der Waals surface area contributed by atoms with Crippen LogP contribution in [-0.2, 0) is 0 Å². The van der Waals surface area contributed by atoms with Crippen LogP contribution in [0, 0.1) is 23.0 Å². The summed E-state index contributed by atoms with van der Waals surface area (Å²) in [4.78, 5) is 22.2. The maximum Gasteiger partial charge on any atom is 0.282 e. The number of nitro benzene ring substituents is 1. The number of rotatable bonds is 5. The van der Waals surface area contributed by atoms with Gasteiger partial charge in [0, 0.05) is 17.9 Å². The Morgan fingerprint density at radius 3 is 2.78 bits per heavy atom. The van der Waals surface area contributed by atoms with Gasteiger partial charge < -0.3 is 5.32 Å². The lowest BCUT2D eigenvalue weighted by atomic mass is 10.1. The van der Waals surface area contributed by atoms with Gasteiger partial charge in [-0.3, -0.25) is 14.9 Å². The molecule has 0 saturated heterocycles. The highest BCUT2D eigenvalue weighted by molar-refractivity contribution is 9.09. The van der Waals surface area contributed by atoms with Crippen LogP contribution < -0.4 is 5.32 Å². The molecule has 18 heavy (non-hydrogen) atoms. The van der Waals surface area contributed by atoms with Crippen molar-refractivity contribution in [3.05, 3.63) is 39.4 Å².